The van der Waals surface area contributed by atoms with Crippen LogP contribution in [0.4, 0.5) is 5.82 Å². The summed E-state index contributed by atoms with van der Waals surface area (Å²) >= 11 is 0. The Labute approximate surface area is 122 Å². The van der Waals surface area contributed by atoms with E-state index >= 15 is 0 Å². The van der Waals surface area contributed by atoms with E-state index in [1.165, 1.54) is 37.8 Å². The molecule has 0 saturated heterocycles. The number of hydrogen-bond acceptors (Lipinski definition) is 2. The van der Waals surface area contributed by atoms with Gasteiger partial charge in [0.1, 0.15) is 11.6 Å². The minimum Gasteiger partial charge on any atom is -0.384 e. The number of nitrogens with two attached hydrogens (primary N) is 1. The van der Waals surface area contributed by atoms with Crippen LogP contribution in [0.15, 0.2) is 0 Å². The summed E-state index contributed by atoms with van der Waals surface area (Å²) in [6, 6.07) is 0. The van der Waals surface area contributed by atoms with Gasteiger partial charge in [0.15, 0.2) is 0 Å². The van der Waals surface area contributed by atoms with Gasteiger partial charge in [-0.2, -0.15) is 0 Å². The van der Waals surface area contributed by atoms with Gasteiger partial charge in [0, 0.05) is 18.9 Å². The second-order valence-corrected chi connectivity index (χ2v) is 7.91. The number of rotatable bonds is 2. The monoisotopic (exact) mass is 273 g/mol. The van der Waals surface area contributed by atoms with E-state index in [0.717, 1.165) is 35.3 Å². The molecule has 0 spiro atoms. The zero-order chi connectivity index (χ0) is 14.0. The lowest BCUT2D eigenvalue weighted by atomic mass is 9.51. The topological polar surface area (TPSA) is 43.8 Å². The van der Waals surface area contributed by atoms with Gasteiger partial charge < -0.3 is 10.3 Å². The summed E-state index contributed by atoms with van der Waals surface area (Å²) in [7, 11) is 2.08. The van der Waals surface area contributed by atoms with Crippen LogP contribution in [0.25, 0.3) is 0 Å². The van der Waals surface area contributed by atoms with E-state index in [1.54, 1.807) is 0 Å². The van der Waals surface area contributed by atoms with E-state index < -0.39 is 0 Å². The third-order valence-electron chi connectivity index (χ3n) is 6.26. The van der Waals surface area contributed by atoms with Crippen molar-refractivity contribution in [3.8, 4) is 0 Å². The van der Waals surface area contributed by atoms with Crippen molar-refractivity contribution in [2.24, 2.45) is 30.7 Å². The largest absolute Gasteiger partial charge is 0.384 e. The quantitative estimate of drug-likeness (QED) is 0.893. The van der Waals surface area contributed by atoms with E-state index in [0.29, 0.717) is 11.8 Å². The van der Waals surface area contributed by atoms with E-state index in [2.05, 4.69) is 25.5 Å². The Morgan fingerprint density at radius 2 is 1.60 bits per heavy atom. The van der Waals surface area contributed by atoms with Crippen molar-refractivity contribution >= 4 is 5.82 Å². The summed E-state index contributed by atoms with van der Waals surface area (Å²) in [5, 5.41) is 0. The van der Waals surface area contributed by atoms with Gasteiger partial charge in [0.05, 0.1) is 5.69 Å². The second kappa shape index (κ2) is 4.25. The van der Waals surface area contributed by atoms with Crippen molar-refractivity contribution in [3.63, 3.8) is 0 Å². The van der Waals surface area contributed by atoms with Crippen LogP contribution >= 0.6 is 0 Å². The summed E-state index contributed by atoms with van der Waals surface area (Å²) in [6.45, 7) is 4.42. The summed E-state index contributed by atoms with van der Waals surface area (Å²) in [5.74, 6) is 6.96. The van der Waals surface area contributed by atoms with Crippen molar-refractivity contribution < 1.29 is 0 Å². The fraction of sp³-hybridized carbons (Fsp3) is 0.824. The molecule has 1 aromatic rings. The molecule has 3 nitrogen and oxygen atoms in total. The molecule has 0 amide bonds. The predicted molar refractivity (Wildman–Crippen MR) is 81.5 cm³/mol. The van der Waals surface area contributed by atoms with Crippen molar-refractivity contribution in [1.29, 1.82) is 0 Å². The van der Waals surface area contributed by atoms with Gasteiger partial charge in [-0.25, -0.2) is 4.98 Å². The fourth-order valence-corrected chi connectivity index (χ4v) is 5.68. The normalized spacial score (nSPS) is 38.9. The molecule has 0 atom stereocenters. The molecule has 0 aliphatic heterocycles. The molecule has 110 valence electrons. The maximum Gasteiger partial charge on any atom is 0.126 e. The van der Waals surface area contributed by atoms with Crippen LogP contribution in [-0.2, 0) is 7.05 Å². The molecule has 4 bridgehead atoms. The Balaban J connectivity index is 1.73. The number of nitrogen functional groups attached to an aromatic ring is 1. The molecule has 1 aromatic heterocycles. The van der Waals surface area contributed by atoms with Crippen molar-refractivity contribution in [3.05, 3.63) is 11.5 Å². The molecule has 20 heavy (non-hydrogen) atoms. The van der Waals surface area contributed by atoms with Gasteiger partial charge in [0.25, 0.3) is 0 Å². The van der Waals surface area contributed by atoms with E-state index in [9.17, 15) is 0 Å². The van der Waals surface area contributed by atoms with Crippen molar-refractivity contribution in [2.45, 2.75) is 57.8 Å². The van der Waals surface area contributed by atoms with Crippen LogP contribution in [0, 0.1) is 23.7 Å². The number of anilines is 1. The van der Waals surface area contributed by atoms with Crippen LogP contribution < -0.4 is 5.73 Å². The third kappa shape index (κ3) is 1.68. The molecule has 5 rings (SSSR count). The maximum atomic E-state index is 6.42. The molecule has 4 saturated carbocycles. The standard InChI is InChI=1S/C17H27N3/c1-9(2)17-19-15(16(18)20(17)3)14-12-5-10-4-11(7-12)8-13(14)6-10/h9-14H,4-8,18H2,1-3H3. The third-order valence-corrected chi connectivity index (χ3v) is 6.26. The Morgan fingerprint density at radius 1 is 1.05 bits per heavy atom. The number of imidazole rings is 1. The number of nitrogens with zero attached hydrogens (tertiary/aromatic N) is 2. The zero-order valence-electron chi connectivity index (χ0n) is 13.0. The van der Waals surface area contributed by atoms with Crippen molar-refractivity contribution in [1.82, 2.24) is 9.55 Å². The second-order valence-electron chi connectivity index (χ2n) is 7.91. The SMILES string of the molecule is CC(C)c1nc(C2C3CC4CC(C3)CC2C4)c(N)n1C. The van der Waals surface area contributed by atoms with Crippen LogP contribution in [0.1, 0.15) is 69.3 Å². The predicted octanol–water partition coefficient (Wildman–Crippen LogP) is 3.67. The summed E-state index contributed by atoms with van der Waals surface area (Å²) in [4.78, 5) is 4.99. The first kappa shape index (κ1) is 12.7. The van der Waals surface area contributed by atoms with Crippen LogP contribution in [0.5, 0.6) is 0 Å². The van der Waals surface area contributed by atoms with E-state index in [1.807, 2.05) is 0 Å². The molecule has 3 heteroatoms. The highest BCUT2D eigenvalue weighted by Gasteiger charge is 2.50. The molecule has 2 N–H and O–H groups in total. The highest BCUT2D eigenvalue weighted by atomic mass is 15.1. The molecule has 0 radical (unpaired) electrons. The number of aromatic nitrogens is 2. The minimum atomic E-state index is 0.452. The average Bonchev–Trinajstić information content (AvgIpc) is 2.66. The van der Waals surface area contributed by atoms with Gasteiger partial charge in [-0.1, -0.05) is 13.8 Å². The highest BCUT2D eigenvalue weighted by molar-refractivity contribution is 5.42. The molecule has 4 aliphatic carbocycles. The fourth-order valence-electron chi connectivity index (χ4n) is 5.68. The van der Waals surface area contributed by atoms with Gasteiger partial charge >= 0.3 is 0 Å². The first-order chi connectivity index (χ1) is 9.54. The van der Waals surface area contributed by atoms with E-state index in [4.69, 9.17) is 10.7 Å². The average molecular weight is 273 g/mol. The summed E-state index contributed by atoms with van der Waals surface area (Å²) in [5.41, 5.74) is 7.66. The molecular formula is C17H27N3. The Kier molecular flexibility index (Phi) is 2.71. The van der Waals surface area contributed by atoms with E-state index in [-0.39, 0.29) is 0 Å². The van der Waals surface area contributed by atoms with Crippen LogP contribution in [-0.4, -0.2) is 9.55 Å². The first-order valence-corrected chi connectivity index (χ1v) is 8.36. The molecular weight excluding hydrogens is 246 g/mol. The Bertz CT molecular complexity index is 501. The molecule has 0 unspecified atom stereocenters. The first-order valence-electron chi connectivity index (χ1n) is 8.36. The molecule has 0 aromatic carbocycles. The van der Waals surface area contributed by atoms with Gasteiger partial charge in [-0.3, -0.25) is 0 Å². The molecule has 1 heterocycles. The zero-order valence-corrected chi connectivity index (χ0v) is 13.0. The lowest BCUT2D eigenvalue weighted by Crippen LogP contribution is -2.44. The summed E-state index contributed by atoms with van der Waals surface area (Å²) < 4.78 is 2.13. The lowest BCUT2D eigenvalue weighted by Gasteiger charge is -2.54. The lowest BCUT2D eigenvalue weighted by molar-refractivity contribution is -0.00383. The molecule has 4 fully saturated rings. The van der Waals surface area contributed by atoms with Crippen LogP contribution in [0.3, 0.4) is 0 Å². The Morgan fingerprint density at radius 3 is 2.05 bits per heavy atom. The van der Waals surface area contributed by atoms with Crippen LogP contribution in [0.2, 0.25) is 0 Å². The van der Waals surface area contributed by atoms with Gasteiger partial charge in [-0.15, -0.1) is 0 Å². The maximum absolute atomic E-state index is 6.42. The van der Waals surface area contributed by atoms with Crippen molar-refractivity contribution in [2.75, 3.05) is 5.73 Å². The highest BCUT2D eigenvalue weighted by Crippen LogP contribution is 2.60. The van der Waals surface area contributed by atoms with Gasteiger partial charge in [-0.05, 0) is 55.8 Å². The molecule has 4 aliphatic rings. The minimum absolute atomic E-state index is 0.452. The number of hydrogen-bond donors (Lipinski definition) is 1. The van der Waals surface area contributed by atoms with Gasteiger partial charge in [0.2, 0.25) is 0 Å². The Hall–Kier alpha value is -0.990. The smallest absolute Gasteiger partial charge is 0.126 e. The summed E-state index contributed by atoms with van der Waals surface area (Å²) in [6.07, 6.45) is 7.25.